The fourth-order valence-electron chi connectivity index (χ4n) is 2.24. The number of halogens is 2. The van der Waals surface area contributed by atoms with Gasteiger partial charge in [-0.2, -0.15) is 0 Å². The van der Waals surface area contributed by atoms with Gasteiger partial charge in [0.05, 0.1) is 17.7 Å². The lowest BCUT2D eigenvalue weighted by atomic mass is 10.2. The maximum Gasteiger partial charge on any atom is 0.138 e. The molecule has 1 heterocycles. The summed E-state index contributed by atoms with van der Waals surface area (Å²) < 4.78 is 11.1. The molecule has 0 aromatic heterocycles. The zero-order chi connectivity index (χ0) is 15.9. The zero-order valence-corrected chi connectivity index (χ0v) is 14.1. The number of ether oxygens (including phenoxy) is 2. The average molecular weight is 349 g/mol. The van der Waals surface area contributed by atoms with E-state index in [0.29, 0.717) is 28.9 Å². The van der Waals surface area contributed by atoms with E-state index in [-0.39, 0.29) is 12.7 Å². The molecule has 1 aliphatic heterocycles. The highest BCUT2D eigenvalue weighted by molar-refractivity contribution is 6.35. The molecule has 1 aliphatic rings. The van der Waals surface area contributed by atoms with E-state index in [4.69, 9.17) is 32.7 Å². The molecule has 0 amide bonds. The van der Waals surface area contributed by atoms with Crippen LogP contribution in [0, 0.1) is 0 Å². The molecule has 0 radical (unpaired) electrons. The van der Waals surface area contributed by atoms with Crippen LogP contribution in [0.2, 0.25) is 10.0 Å². The molecule has 0 unspecified atom stereocenters. The molecule has 0 saturated carbocycles. The molecule has 2 N–H and O–H groups in total. The van der Waals surface area contributed by atoms with E-state index < -0.39 is 6.10 Å². The first-order chi connectivity index (χ1) is 10.5. The molecular weight excluding hydrogens is 327 g/mol. The van der Waals surface area contributed by atoms with Crippen LogP contribution in [0.4, 0.5) is 0 Å². The minimum atomic E-state index is -0.618. The van der Waals surface area contributed by atoms with Crippen molar-refractivity contribution in [1.29, 1.82) is 0 Å². The van der Waals surface area contributed by atoms with E-state index in [9.17, 15) is 5.11 Å². The lowest BCUT2D eigenvalue weighted by Gasteiger charge is -2.30. The normalized spacial score (nSPS) is 20.8. The highest BCUT2D eigenvalue weighted by Gasteiger charge is 2.17. The van der Waals surface area contributed by atoms with Crippen LogP contribution in [-0.2, 0) is 4.74 Å². The highest BCUT2D eigenvalue weighted by Crippen LogP contribution is 2.27. The largest absolute Gasteiger partial charge is 0.489 e. The van der Waals surface area contributed by atoms with Gasteiger partial charge in [-0.25, -0.2) is 0 Å². The van der Waals surface area contributed by atoms with Gasteiger partial charge in [-0.1, -0.05) is 23.2 Å². The van der Waals surface area contributed by atoms with Gasteiger partial charge in [0.15, 0.2) is 0 Å². The lowest BCUT2D eigenvalue weighted by molar-refractivity contribution is -0.0196. The fraction of sp³-hybridized carbons (Fsp3) is 0.600. The van der Waals surface area contributed by atoms with Crippen molar-refractivity contribution in [3.8, 4) is 5.75 Å². The number of aliphatic hydroxyl groups is 1. The van der Waals surface area contributed by atoms with Crippen LogP contribution in [0.3, 0.4) is 0 Å². The Balaban J connectivity index is 1.64. The number of benzene rings is 1. The fourth-order valence-corrected chi connectivity index (χ4v) is 2.70. The average Bonchev–Trinajstić information content (AvgIpc) is 2.46. The third kappa shape index (κ3) is 5.91. The Morgan fingerprint density at radius 3 is 3.05 bits per heavy atom. The minimum absolute atomic E-state index is 0.164. The number of hydrogen-bond acceptors (Lipinski definition) is 5. The molecule has 5 nitrogen and oxygen atoms in total. The first kappa shape index (κ1) is 17.8. The second-order valence-corrected chi connectivity index (χ2v) is 6.30. The quantitative estimate of drug-likeness (QED) is 0.784. The maximum absolute atomic E-state index is 9.93. The van der Waals surface area contributed by atoms with Gasteiger partial charge in [0.1, 0.15) is 18.5 Å². The minimum Gasteiger partial charge on any atom is -0.489 e. The first-order valence-corrected chi connectivity index (χ1v) is 8.07. The highest BCUT2D eigenvalue weighted by atomic mass is 35.5. The standard InChI is InChI=1S/C15H22Cl2N2O3/c1-19-4-5-21-13(9-19)8-18-7-12(20)10-22-15-3-2-11(16)6-14(15)17/h2-3,6,12-13,18,20H,4-5,7-10H2,1H3/t12-,13-/m0/s1. The summed E-state index contributed by atoms with van der Waals surface area (Å²) in [7, 11) is 2.08. The topological polar surface area (TPSA) is 54.0 Å². The molecule has 1 fully saturated rings. The molecule has 22 heavy (non-hydrogen) atoms. The Morgan fingerprint density at radius 1 is 1.50 bits per heavy atom. The van der Waals surface area contributed by atoms with Crippen LogP contribution in [0.15, 0.2) is 18.2 Å². The molecule has 2 rings (SSSR count). The third-order valence-electron chi connectivity index (χ3n) is 3.42. The Bertz CT molecular complexity index is 476. The number of nitrogens with one attached hydrogen (secondary N) is 1. The molecular formula is C15H22Cl2N2O3. The predicted molar refractivity (Wildman–Crippen MR) is 88.1 cm³/mol. The van der Waals surface area contributed by atoms with Crippen LogP contribution in [0.1, 0.15) is 0 Å². The summed E-state index contributed by atoms with van der Waals surface area (Å²) in [6.07, 6.45) is -0.453. The predicted octanol–water partition coefficient (Wildman–Crippen LogP) is 1.65. The maximum atomic E-state index is 9.93. The number of nitrogens with zero attached hydrogens (tertiary/aromatic N) is 1. The second kappa shape index (κ2) is 8.91. The van der Waals surface area contributed by atoms with Crippen molar-refractivity contribution < 1.29 is 14.6 Å². The van der Waals surface area contributed by atoms with Crippen molar-refractivity contribution >= 4 is 23.2 Å². The Kier molecular flexibility index (Phi) is 7.21. The van der Waals surface area contributed by atoms with Crippen molar-refractivity contribution in [2.75, 3.05) is 46.4 Å². The lowest BCUT2D eigenvalue weighted by Crippen LogP contribution is -2.46. The van der Waals surface area contributed by atoms with E-state index in [1.165, 1.54) is 0 Å². The summed E-state index contributed by atoms with van der Waals surface area (Å²) in [5, 5.41) is 14.1. The van der Waals surface area contributed by atoms with Gasteiger partial charge < -0.3 is 24.8 Å². The zero-order valence-electron chi connectivity index (χ0n) is 12.6. The second-order valence-electron chi connectivity index (χ2n) is 5.45. The molecule has 1 aromatic carbocycles. The van der Waals surface area contributed by atoms with Crippen LogP contribution in [-0.4, -0.2) is 68.7 Å². The SMILES string of the molecule is CN1CCO[C@@H](CNC[C@H](O)COc2ccc(Cl)cc2Cl)C1. The van der Waals surface area contributed by atoms with Crippen molar-refractivity contribution in [3.05, 3.63) is 28.2 Å². The van der Waals surface area contributed by atoms with Crippen LogP contribution >= 0.6 is 23.2 Å². The van der Waals surface area contributed by atoms with E-state index in [1.54, 1.807) is 18.2 Å². The Morgan fingerprint density at radius 2 is 2.32 bits per heavy atom. The van der Waals surface area contributed by atoms with Crippen molar-refractivity contribution in [3.63, 3.8) is 0 Å². The van der Waals surface area contributed by atoms with Gasteiger partial charge in [-0.3, -0.25) is 0 Å². The van der Waals surface area contributed by atoms with Crippen LogP contribution in [0.5, 0.6) is 5.75 Å². The van der Waals surface area contributed by atoms with Gasteiger partial charge in [0, 0.05) is 31.2 Å². The van der Waals surface area contributed by atoms with Crippen molar-refractivity contribution in [2.24, 2.45) is 0 Å². The number of rotatable bonds is 7. The molecule has 0 bridgehead atoms. The molecule has 0 spiro atoms. The van der Waals surface area contributed by atoms with E-state index in [2.05, 4.69) is 17.3 Å². The molecule has 0 aliphatic carbocycles. The summed E-state index contributed by atoms with van der Waals surface area (Å²) in [6.45, 7) is 3.94. The molecule has 1 saturated heterocycles. The van der Waals surface area contributed by atoms with Crippen LogP contribution < -0.4 is 10.1 Å². The Labute approximate surface area is 141 Å². The molecule has 2 atom stereocenters. The number of aliphatic hydroxyl groups excluding tert-OH is 1. The van der Waals surface area contributed by atoms with E-state index in [0.717, 1.165) is 19.7 Å². The van der Waals surface area contributed by atoms with Gasteiger partial charge in [0.2, 0.25) is 0 Å². The first-order valence-electron chi connectivity index (χ1n) is 7.31. The molecule has 7 heteroatoms. The number of likely N-dealkylation sites (N-methyl/N-ethyl adjacent to an activating group) is 1. The van der Waals surface area contributed by atoms with Crippen molar-refractivity contribution in [1.82, 2.24) is 10.2 Å². The Hall–Kier alpha value is -0.560. The summed E-state index contributed by atoms with van der Waals surface area (Å²) in [5.41, 5.74) is 0. The van der Waals surface area contributed by atoms with Crippen LogP contribution in [0.25, 0.3) is 0 Å². The van der Waals surface area contributed by atoms with E-state index in [1.807, 2.05) is 0 Å². The van der Waals surface area contributed by atoms with Gasteiger partial charge in [-0.15, -0.1) is 0 Å². The third-order valence-corrected chi connectivity index (χ3v) is 3.95. The summed E-state index contributed by atoms with van der Waals surface area (Å²) in [4.78, 5) is 2.23. The summed E-state index contributed by atoms with van der Waals surface area (Å²) in [5.74, 6) is 0.516. The molecule has 1 aromatic rings. The van der Waals surface area contributed by atoms with Crippen molar-refractivity contribution in [2.45, 2.75) is 12.2 Å². The smallest absolute Gasteiger partial charge is 0.138 e. The molecule has 124 valence electrons. The summed E-state index contributed by atoms with van der Waals surface area (Å²) in [6, 6.07) is 5.00. The van der Waals surface area contributed by atoms with Gasteiger partial charge >= 0.3 is 0 Å². The van der Waals surface area contributed by atoms with E-state index >= 15 is 0 Å². The number of hydrogen-bond donors (Lipinski definition) is 2. The van der Waals surface area contributed by atoms with Gasteiger partial charge in [-0.05, 0) is 25.2 Å². The van der Waals surface area contributed by atoms with Gasteiger partial charge in [0.25, 0.3) is 0 Å². The number of morpholine rings is 1. The summed E-state index contributed by atoms with van der Waals surface area (Å²) >= 11 is 11.8. The monoisotopic (exact) mass is 348 g/mol.